The van der Waals surface area contributed by atoms with Crippen LogP contribution in [0.4, 0.5) is 0 Å². The first-order valence-corrected chi connectivity index (χ1v) is 8.23. The summed E-state index contributed by atoms with van der Waals surface area (Å²) in [6, 6.07) is 1.70. The molecule has 0 saturated heterocycles. The van der Waals surface area contributed by atoms with Gasteiger partial charge in [0.15, 0.2) is 5.82 Å². The number of hydrogen-bond acceptors (Lipinski definition) is 6. The number of nitrogens with two attached hydrogens (primary N) is 1. The average Bonchev–Trinajstić information content (AvgIpc) is 2.94. The van der Waals surface area contributed by atoms with Gasteiger partial charge in [-0.15, -0.1) is 11.3 Å². The third-order valence-electron chi connectivity index (χ3n) is 3.50. The van der Waals surface area contributed by atoms with Crippen LogP contribution in [0.3, 0.4) is 0 Å². The summed E-state index contributed by atoms with van der Waals surface area (Å²) >= 11 is 13.3. The zero-order valence-corrected chi connectivity index (χ0v) is 13.8. The number of aromatic nitrogens is 2. The second-order valence-electron chi connectivity index (χ2n) is 5.44. The number of rotatable bonds is 5. The molecule has 1 aliphatic carbocycles. The Hall–Kier alpha value is -0.660. The third-order valence-corrected chi connectivity index (χ3v) is 4.98. The van der Waals surface area contributed by atoms with Gasteiger partial charge in [-0.3, -0.25) is 0 Å². The molecule has 0 bridgehead atoms. The van der Waals surface area contributed by atoms with Gasteiger partial charge < -0.3 is 15.0 Å². The van der Waals surface area contributed by atoms with Crippen LogP contribution < -0.4 is 5.73 Å². The van der Waals surface area contributed by atoms with Crippen molar-refractivity contribution in [2.45, 2.75) is 37.8 Å². The summed E-state index contributed by atoms with van der Waals surface area (Å²) in [7, 11) is 0. The van der Waals surface area contributed by atoms with E-state index in [0.717, 1.165) is 12.8 Å². The molecule has 8 heteroatoms. The van der Waals surface area contributed by atoms with E-state index in [1.54, 1.807) is 6.07 Å². The van der Waals surface area contributed by atoms with E-state index in [9.17, 15) is 0 Å². The minimum Gasteiger partial charge on any atom is -0.376 e. The van der Waals surface area contributed by atoms with Crippen LogP contribution in [0.15, 0.2) is 10.6 Å². The van der Waals surface area contributed by atoms with Crippen molar-refractivity contribution in [1.82, 2.24) is 10.1 Å². The molecular formula is C13H15Cl2N3O2S. The smallest absolute Gasteiger partial charge is 0.260 e. The molecule has 2 aromatic rings. The van der Waals surface area contributed by atoms with Crippen LogP contribution in [0, 0.1) is 0 Å². The molecule has 2 heterocycles. The summed E-state index contributed by atoms with van der Waals surface area (Å²) in [5.41, 5.74) is 6.06. The van der Waals surface area contributed by atoms with E-state index in [0.29, 0.717) is 38.7 Å². The highest BCUT2D eigenvalue weighted by Gasteiger charge is 2.31. The zero-order chi connectivity index (χ0) is 15.0. The second kappa shape index (κ2) is 5.85. The SMILES string of the molecule is CC(N)(COC1CCC1)c1noc(-c2cc(Cl)sc2Cl)n1. The summed E-state index contributed by atoms with van der Waals surface area (Å²) in [6.45, 7) is 2.18. The Bertz CT molecular complexity index is 637. The largest absolute Gasteiger partial charge is 0.376 e. The zero-order valence-electron chi connectivity index (χ0n) is 11.4. The predicted octanol–water partition coefficient (Wildman–Crippen LogP) is 3.85. The van der Waals surface area contributed by atoms with Gasteiger partial charge in [0.2, 0.25) is 0 Å². The van der Waals surface area contributed by atoms with Gasteiger partial charge in [0, 0.05) is 0 Å². The first-order chi connectivity index (χ1) is 9.95. The van der Waals surface area contributed by atoms with Crippen molar-refractivity contribution in [3.63, 3.8) is 0 Å². The quantitative estimate of drug-likeness (QED) is 0.888. The Morgan fingerprint density at radius 3 is 2.86 bits per heavy atom. The fourth-order valence-corrected chi connectivity index (χ4v) is 3.39. The first kappa shape index (κ1) is 15.2. The normalized spacial score (nSPS) is 18.5. The highest BCUT2D eigenvalue weighted by molar-refractivity contribution is 7.20. The lowest BCUT2D eigenvalue weighted by molar-refractivity contribution is -0.0222. The van der Waals surface area contributed by atoms with Crippen LogP contribution in [-0.4, -0.2) is 22.9 Å². The number of thiophene rings is 1. The van der Waals surface area contributed by atoms with Gasteiger partial charge in [0.05, 0.1) is 22.6 Å². The van der Waals surface area contributed by atoms with Crippen molar-refractivity contribution >= 4 is 34.5 Å². The Morgan fingerprint density at radius 2 is 2.29 bits per heavy atom. The monoisotopic (exact) mass is 347 g/mol. The number of halogens is 2. The van der Waals surface area contributed by atoms with Crippen LogP contribution in [0.1, 0.15) is 32.0 Å². The molecule has 114 valence electrons. The van der Waals surface area contributed by atoms with Gasteiger partial charge in [-0.2, -0.15) is 4.98 Å². The van der Waals surface area contributed by atoms with Gasteiger partial charge in [-0.05, 0) is 32.3 Å². The summed E-state index contributed by atoms with van der Waals surface area (Å²) in [4.78, 5) is 4.33. The van der Waals surface area contributed by atoms with E-state index in [4.69, 9.17) is 38.2 Å². The maximum atomic E-state index is 6.23. The molecule has 3 rings (SSSR count). The summed E-state index contributed by atoms with van der Waals surface area (Å²) in [5.74, 6) is 0.716. The van der Waals surface area contributed by atoms with Gasteiger partial charge in [0.1, 0.15) is 9.88 Å². The van der Waals surface area contributed by atoms with Crippen LogP contribution in [-0.2, 0) is 10.3 Å². The van der Waals surface area contributed by atoms with E-state index in [1.807, 2.05) is 6.92 Å². The van der Waals surface area contributed by atoms with E-state index in [-0.39, 0.29) is 0 Å². The summed E-state index contributed by atoms with van der Waals surface area (Å²) in [5, 5.41) is 3.95. The molecule has 0 spiro atoms. The minimum absolute atomic E-state index is 0.310. The number of ether oxygens (including phenoxy) is 1. The maximum Gasteiger partial charge on any atom is 0.260 e. The fourth-order valence-electron chi connectivity index (χ4n) is 1.94. The molecule has 1 unspecified atom stereocenters. The lowest BCUT2D eigenvalue weighted by Crippen LogP contribution is -2.41. The molecule has 0 aliphatic heterocycles. The Kier molecular flexibility index (Phi) is 4.25. The highest BCUT2D eigenvalue weighted by Crippen LogP contribution is 2.37. The Balaban J connectivity index is 1.75. The molecule has 1 saturated carbocycles. The minimum atomic E-state index is -0.802. The summed E-state index contributed by atoms with van der Waals surface area (Å²) < 4.78 is 12.1. The van der Waals surface area contributed by atoms with Crippen molar-refractivity contribution in [2.75, 3.05) is 6.61 Å². The van der Waals surface area contributed by atoms with Crippen LogP contribution in [0.2, 0.25) is 8.67 Å². The van der Waals surface area contributed by atoms with Gasteiger partial charge >= 0.3 is 0 Å². The molecular weight excluding hydrogens is 333 g/mol. The molecule has 1 atom stereocenters. The molecule has 5 nitrogen and oxygen atoms in total. The van der Waals surface area contributed by atoms with Crippen molar-refractivity contribution in [1.29, 1.82) is 0 Å². The van der Waals surface area contributed by atoms with E-state index < -0.39 is 5.54 Å². The molecule has 21 heavy (non-hydrogen) atoms. The Labute approximate surface area is 136 Å². The van der Waals surface area contributed by atoms with E-state index in [1.165, 1.54) is 17.8 Å². The number of hydrogen-bond donors (Lipinski definition) is 1. The second-order valence-corrected chi connectivity index (χ2v) is 7.73. The van der Waals surface area contributed by atoms with Gasteiger partial charge in [-0.25, -0.2) is 0 Å². The molecule has 0 aromatic carbocycles. The predicted molar refractivity (Wildman–Crippen MR) is 82.8 cm³/mol. The first-order valence-electron chi connectivity index (χ1n) is 6.65. The van der Waals surface area contributed by atoms with Crippen LogP contribution >= 0.6 is 34.5 Å². The molecule has 0 amide bonds. The molecule has 1 fully saturated rings. The van der Waals surface area contributed by atoms with Crippen molar-refractivity contribution in [3.05, 3.63) is 20.6 Å². The molecule has 0 radical (unpaired) electrons. The maximum absolute atomic E-state index is 6.23. The molecule has 1 aliphatic rings. The number of nitrogens with zero attached hydrogens (tertiary/aromatic N) is 2. The lowest BCUT2D eigenvalue weighted by Gasteiger charge is -2.29. The third kappa shape index (κ3) is 3.24. The van der Waals surface area contributed by atoms with Crippen molar-refractivity contribution in [2.24, 2.45) is 5.73 Å². The fraction of sp³-hybridized carbons (Fsp3) is 0.538. The van der Waals surface area contributed by atoms with Crippen molar-refractivity contribution < 1.29 is 9.26 Å². The lowest BCUT2D eigenvalue weighted by atomic mass is 9.95. The molecule has 2 aromatic heterocycles. The van der Waals surface area contributed by atoms with Crippen molar-refractivity contribution in [3.8, 4) is 11.5 Å². The van der Waals surface area contributed by atoms with Gasteiger partial charge in [0.25, 0.3) is 5.89 Å². The standard InChI is InChI=1S/C13H15Cl2N3O2S/c1-13(16,6-19-7-3-2-4-7)12-17-11(20-18-12)8-5-9(14)21-10(8)15/h5,7H,2-4,6,16H2,1H3. The molecule has 2 N–H and O–H groups in total. The van der Waals surface area contributed by atoms with E-state index in [2.05, 4.69) is 10.1 Å². The van der Waals surface area contributed by atoms with E-state index >= 15 is 0 Å². The topological polar surface area (TPSA) is 74.2 Å². The average molecular weight is 348 g/mol. The Morgan fingerprint density at radius 1 is 1.52 bits per heavy atom. The summed E-state index contributed by atoms with van der Waals surface area (Å²) in [6.07, 6.45) is 3.72. The highest BCUT2D eigenvalue weighted by atomic mass is 35.5. The van der Waals surface area contributed by atoms with Crippen LogP contribution in [0.25, 0.3) is 11.5 Å². The van der Waals surface area contributed by atoms with Crippen LogP contribution in [0.5, 0.6) is 0 Å². The van der Waals surface area contributed by atoms with Gasteiger partial charge in [-0.1, -0.05) is 28.4 Å².